The van der Waals surface area contributed by atoms with Crippen LogP contribution in [0.1, 0.15) is 0 Å². The number of hydrogen-bond acceptors (Lipinski definition) is 2. The Hall–Kier alpha value is -0.610. The normalized spacial score (nSPS) is 11.5. The van der Waals surface area contributed by atoms with Crippen molar-refractivity contribution in [3.8, 4) is 0 Å². The van der Waals surface area contributed by atoms with Crippen molar-refractivity contribution in [3.05, 3.63) is 0 Å². The van der Waals surface area contributed by atoms with Crippen LogP contribution in [0.2, 0.25) is 0 Å². The number of hydrogen-bond donors (Lipinski definition) is 1. The minimum atomic E-state index is -0.836. The second-order valence-electron chi connectivity index (χ2n) is 2.68. The fourth-order valence-corrected chi connectivity index (χ4v) is 0.415. The number of rotatable bonds is 3. The van der Waals surface area contributed by atoms with Gasteiger partial charge in [-0.3, -0.25) is 0 Å². The summed E-state index contributed by atoms with van der Waals surface area (Å²) in [7, 11) is 4.81. The Morgan fingerprint density at radius 2 is 2.10 bits per heavy atom. The van der Waals surface area contributed by atoms with Gasteiger partial charge in [0.25, 0.3) is 0 Å². The van der Waals surface area contributed by atoms with Gasteiger partial charge < -0.3 is 9.84 Å². The number of methoxy groups -OCH3 is 1. The van der Waals surface area contributed by atoms with Crippen molar-refractivity contribution in [2.45, 2.75) is 0 Å². The van der Waals surface area contributed by atoms with E-state index in [1.165, 1.54) is 0 Å². The molecule has 4 nitrogen and oxygen atoms in total. The number of likely N-dealkylation sites (N-methyl/N-ethyl adjacent to an activating group) is 1. The molecule has 0 aliphatic rings. The average Bonchev–Trinajstić information content (AvgIpc) is 1.84. The summed E-state index contributed by atoms with van der Waals surface area (Å²) < 4.78 is 4.70. The molecule has 0 radical (unpaired) electrons. The fraction of sp³-hybridized carbons (Fsp3) is 0.833. The van der Waals surface area contributed by atoms with E-state index in [1.54, 1.807) is 21.2 Å². The molecule has 0 unspecified atom stereocenters. The van der Waals surface area contributed by atoms with Crippen LogP contribution >= 0.6 is 0 Å². The number of amides is 1. The topological polar surface area (TPSA) is 46.5 Å². The lowest BCUT2D eigenvalue weighted by molar-refractivity contribution is -0.817. The third kappa shape index (κ3) is 2.80. The Labute approximate surface area is 60.6 Å². The van der Waals surface area contributed by atoms with Crippen molar-refractivity contribution in [1.29, 1.82) is 0 Å². The predicted octanol–water partition coefficient (Wildman–Crippen LogP) is 0.387. The van der Waals surface area contributed by atoms with E-state index < -0.39 is 6.09 Å². The lowest BCUT2D eigenvalue weighted by atomic mass is 10.5. The summed E-state index contributed by atoms with van der Waals surface area (Å²) in [5.74, 6) is 0. The number of quaternary nitrogens is 1. The second kappa shape index (κ2) is 3.53. The van der Waals surface area contributed by atoms with Crippen LogP contribution in [-0.4, -0.2) is 50.0 Å². The molecule has 4 heteroatoms. The zero-order chi connectivity index (χ0) is 8.20. The van der Waals surface area contributed by atoms with Crippen molar-refractivity contribution in [2.75, 3.05) is 34.4 Å². The smallest absolute Gasteiger partial charge is 0.435 e. The molecule has 1 N–H and O–H groups in total. The maximum atomic E-state index is 10.4. The minimum absolute atomic E-state index is 0.0478. The fourth-order valence-electron chi connectivity index (χ4n) is 0.415. The van der Waals surface area contributed by atoms with Crippen LogP contribution in [-0.2, 0) is 4.74 Å². The third-order valence-electron chi connectivity index (χ3n) is 1.37. The molecule has 0 atom stereocenters. The van der Waals surface area contributed by atoms with Gasteiger partial charge in [-0.25, -0.2) is 4.48 Å². The van der Waals surface area contributed by atoms with Crippen LogP contribution in [0, 0.1) is 0 Å². The first kappa shape index (κ1) is 9.39. The zero-order valence-corrected chi connectivity index (χ0v) is 6.63. The largest absolute Gasteiger partial charge is 0.513 e. The van der Waals surface area contributed by atoms with E-state index in [0.29, 0.717) is 13.2 Å². The van der Waals surface area contributed by atoms with Gasteiger partial charge in [-0.05, 0) is 0 Å². The number of ether oxygens (including phenoxy) is 1. The molecule has 0 fully saturated rings. The summed E-state index contributed by atoms with van der Waals surface area (Å²) in [6.07, 6.45) is -0.836. The molecular weight excluding hydrogens is 134 g/mol. The lowest BCUT2D eigenvalue weighted by Crippen LogP contribution is -2.46. The molecule has 0 saturated carbocycles. The highest BCUT2D eigenvalue weighted by molar-refractivity contribution is 5.56. The molecule has 1 amide bonds. The Morgan fingerprint density at radius 3 is 2.40 bits per heavy atom. The van der Waals surface area contributed by atoms with Gasteiger partial charge in [0.05, 0.1) is 20.7 Å². The van der Waals surface area contributed by atoms with Gasteiger partial charge in [0.2, 0.25) is 0 Å². The van der Waals surface area contributed by atoms with Crippen LogP contribution in [0.25, 0.3) is 0 Å². The van der Waals surface area contributed by atoms with Gasteiger partial charge in [-0.1, -0.05) is 0 Å². The highest BCUT2D eigenvalue weighted by Crippen LogP contribution is 1.96. The van der Waals surface area contributed by atoms with Crippen molar-refractivity contribution < 1.29 is 19.1 Å². The van der Waals surface area contributed by atoms with Gasteiger partial charge in [-0.15, -0.1) is 0 Å². The van der Waals surface area contributed by atoms with Crippen molar-refractivity contribution in [2.24, 2.45) is 0 Å². The molecule has 0 aromatic rings. The summed E-state index contributed by atoms with van der Waals surface area (Å²) >= 11 is 0. The van der Waals surface area contributed by atoms with Crippen molar-refractivity contribution in [3.63, 3.8) is 0 Å². The molecule has 0 heterocycles. The first-order chi connectivity index (χ1) is 4.50. The Balaban J connectivity index is 3.75. The highest BCUT2D eigenvalue weighted by Gasteiger charge is 2.24. The quantitative estimate of drug-likeness (QED) is 0.589. The molecular formula is C6H14NO3+. The molecule has 0 aliphatic heterocycles. The van der Waals surface area contributed by atoms with E-state index in [-0.39, 0.29) is 4.48 Å². The Bertz CT molecular complexity index is 122. The van der Waals surface area contributed by atoms with E-state index in [9.17, 15) is 4.79 Å². The summed E-state index contributed by atoms with van der Waals surface area (Å²) in [6, 6.07) is 0. The first-order valence-electron chi connectivity index (χ1n) is 3.06. The molecule has 0 spiro atoms. The van der Waals surface area contributed by atoms with Crippen LogP contribution in [0.15, 0.2) is 0 Å². The first-order valence-corrected chi connectivity index (χ1v) is 3.06. The van der Waals surface area contributed by atoms with E-state index in [2.05, 4.69) is 0 Å². The summed E-state index contributed by atoms with van der Waals surface area (Å²) in [5.41, 5.74) is 0. The maximum absolute atomic E-state index is 10.4. The van der Waals surface area contributed by atoms with E-state index in [1.807, 2.05) is 0 Å². The summed E-state index contributed by atoms with van der Waals surface area (Å²) in [6.45, 7) is 0.963. The van der Waals surface area contributed by atoms with E-state index >= 15 is 0 Å². The predicted molar refractivity (Wildman–Crippen MR) is 36.9 cm³/mol. The van der Waals surface area contributed by atoms with Crippen LogP contribution < -0.4 is 0 Å². The SMILES string of the molecule is COCC[N+](C)(C)C(=O)O. The lowest BCUT2D eigenvalue weighted by Gasteiger charge is -2.21. The molecule has 0 rings (SSSR count). The summed E-state index contributed by atoms with van der Waals surface area (Å²) in [4.78, 5) is 10.4. The Kier molecular flexibility index (Phi) is 3.32. The summed E-state index contributed by atoms with van der Waals surface area (Å²) in [5, 5.41) is 8.58. The molecule has 0 aromatic carbocycles. The molecule has 0 aliphatic carbocycles. The monoisotopic (exact) mass is 148 g/mol. The van der Waals surface area contributed by atoms with Gasteiger partial charge in [0, 0.05) is 7.11 Å². The average molecular weight is 148 g/mol. The van der Waals surface area contributed by atoms with Crippen molar-refractivity contribution in [1.82, 2.24) is 0 Å². The van der Waals surface area contributed by atoms with E-state index in [0.717, 1.165) is 0 Å². The van der Waals surface area contributed by atoms with Gasteiger partial charge in [-0.2, -0.15) is 4.79 Å². The van der Waals surface area contributed by atoms with Gasteiger partial charge >= 0.3 is 6.09 Å². The zero-order valence-electron chi connectivity index (χ0n) is 6.63. The second-order valence-corrected chi connectivity index (χ2v) is 2.68. The maximum Gasteiger partial charge on any atom is 0.513 e. The molecule has 0 aromatic heterocycles. The molecule has 0 bridgehead atoms. The minimum Gasteiger partial charge on any atom is -0.435 e. The van der Waals surface area contributed by atoms with Gasteiger partial charge in [0.15, 0.2) is 0 Å². The number of carbonyl (C=O) groups is 1. The standard InChI is InChI=1S/C6H13NO3/c1-7(2,6(8)9)4-5-10-3/h4-5H2,1-3H3/p+1. The van der Waals surface area contributed by atoms with Crippen LogP contribution in [0.3, 0.4) is 0 Å². The van der Waals surface area contributed by atoms with Crippen LogP contribution in [0.5, 0.6) is 0 Å². The van der Waals surface area contributed by atoms with E-state index in [4.69, 9.17) is 9.84 Å². The van der Waals surface area contributed by atoms with Crippen molar-refractivity contribution >= 4 is 6.09 Å². The third-order valence-corrected chi connectivity index (χ3v) is 1.37. The molecule has 60 valence electrons. The van der Waals surface area contributed by atoms with Crippen LogP contribution in [0.4, 0.5) is 4.79 Å². The number of nitrogens with zero attached hydrogens (tertiary/aromatic N) is 1. The van der Waals surface area contributed by atoms with Gasteiger partial charge in [0.1, 0.15) is 6.54 Å². The highest BCUT2D eigenvalue weighted by atomic mass is 16.5. The Morgan fingerprint density at radius 1 is 1.60 bits per heavy atom. The molecule has 10 heavy (non-hydrogen) atoms. The molecule has 0 saturated heterocycles. The number of carboxylic acid groups (broad SMARTS) is 1.